The van der Waals surface area contributed by atoms with E-state index in [9.17, 15) is 0 Å². The van der Waals surface area contributed by atoms with Gasteiger partial charge in [0.05, 0.1) is 10.7 Å². The van der Waals surface area contributed by atoms with Gasteiger partial charge in [0.2, 0.25) is 0 Å². The molecule has 0 heterocycles. The number of hydrogen-bond acceptors (Lipinski definition) is 2. The fraction of sp³-hybridized carbons (Fsp3) is 0.294. The van der Waals surface area contributed by atoms with E-state index in [4.69, 9.17) is 23.2 Å². The van der Waals surface area contributed by atoms with E-state index in [2.05, 4.69) is 41.8 Å². The second kappa shape index (κ2) is 8.28. The predicted molar refractivity (Wildman–Crippen MR) is 92.4 cm³/mol. The van der Waals surface area contributed by atoms with Crippen LogP contribution in [0.25, 0.3) is 0 Å². The highest BCUT2D eigenvalue weighted by atomic mass is 35.5. The Morgan fingerprint density at radius 1 is 1.00 bits per heavy atom. The van der Waals surface area contributed by atoms with Crippen LogP contribution in [0.4, 0.5) is 5.69 Å². The second-order valence-corrected chi connectivity index (χ2v) is 5.72. The average Bonchev–Trinajstić information content (AvgIpc) is 2.50. The van der Waals surface area contributed by atoms with Crippen LogP contribution in [-0.4, -0.2) is 13.1 Å². The number of benzene rings is 2. The van der Waals surface area contributed by atoms with Crippen molar-refractivity contribution in [3.8, 4) is 0 Å². The van der Waals surface area contributed by atoms with Gasteiger partial charge in [-0.15, -0.1) is 0 Å². The smallest absolute Gasteiger partial charge is 0.0652 e. The molecule has 2 aromatic carbocycles. The summed E-state index contributed by atoms with van der Waals surface area (Å²) in [5.41, 5.74) is 2.24. The molecule has 0 aliphatic rings. The van der Waals surface area contributed by atoms with E-state index in [-0.39, 0.29) is 0 Å². The summed E-state index contributed by atoms with van der Waals surface area (Å²) in [6.45, 7) is 3.87. The Morgan fingerprint density at radius 3 is 2.43 bits per heavy atom. The summed E-state index contributed by atoms with van der Waals surface area (Å²) in [6, 6.07) is 16.4. The van der Waals surface area contributed by atoms with Crippen LogP contribution < -0.4 is 10.6 Å². The molecule has 0 fully saturated rings. The molecule has 2 nitrogen and oxygen atoms in total. The zero-order chi connectivity index (χ0) is 15.1. The van der Waals surface area contributed by atoms with Crippen LogP contribution >= 0.6 is 23.2 Å². The van der Waals surface area contributed by atoms with Crippen LogP contribution in [-0.2, 0) is 0 Å². The summed E-state index contributed by atoms with van der Waals surface area (Å²) < 4.78 is 0. The monoisotopic (exact) mass is 322 g/mol. The van der Waals surface area contributed by atoms with Crippen molar-refractivity contribution in [1.29, 1.82) is 0 Å². The molecule has 0 radical (unpaired) electrons. The Kier molecular flexibility index (Phi) is 6.37. The van der Waals surface area contributed by atoms with Crippen LogP contribution in [0, 0.1) is 0 Å². The number of halogens is 2. The molecule has 0 saturated carbocycles. The molecule has 112 valence electrons. The SMILES string of the molecule is CCC(NCCNc1ccc(Cl)cc1Cl)c1ccccc1. The molecule has 0 spiro atoms. The summed E-state index contributed by atoms with van der Waals surface area (Å²) in [5, 5.41) is 8.18. The molecule has 0 aromatic heterocycles. The Bertz CT molecular complexity index is 558. The van der Waals surface area contributed by atoms with E-state index in [1.165, 1.54) is 5.56 Å². The van der Waals surface area contributed by atoms with Crippen LogP contribution in [0.15, 0.2) is 48.5 Å². The van der Waals surface area contributed by atoms with Gasteiger partial charge in [-0.3, -0.25) is 0 Å². The van der Waals surface area contributed by atoms with Gasteiger partial charge < -0.3 is 10.6 Å². The van der Waals surface area contributed by atoms with Crippen molar-refractivity contribution in [3.05, 3.63) is 64.1 Å². The molecule has 0 amide bonds. The Labute approximate surface area is 136 Å². The highest BCUT2D eigenvalue weighted by Crippen LogP contribution is 2.25. The number of hydrogen-bond donors (Lipinski definition) is 2. The average molecular weight is 323 g/mol. The third-order valence-electron chi connectivity index (χ3n) is 3.37. The zero-order valence-electron chi connectivity index (χ0n) is 12.1. The van der Waals surface area contributed by atoms with Crippen molar-refractivity contribution in [2.45, 2.75) is 19.4 Å². The van der Waals surface area contributed by atoms with E-state index >= 15 is 0 Å². The molecule has 1 atom stereocenters. The van der Waals surface area contributed by atoms with Crippen LogP contribution in [0.1, 0.15) is 24.9 Å². The van der Waals surface area contributed by atoms with Gasteiger partial charge in [-0.2, -0.15) is 0 Å². The fourth-order valence-corrected chi connectivity index (χ4v) is 2.73. The summed E-state index contributed by atoms with van der Waals surface area (Å²) in [6.07, 6.45) is 1.06. The molecular weight excluding hydrogens is 303 g/mol. The lowest BCUT2D eigenvalue weighted by Crippen LogP contribution is -2.26. The Balaban J connectivity index is 1.81. The number of nitrogens with one attached hydrogen (secondary N) is 2. The highest BCUT2D eigenvalue weighted by molar-refractivity contribution is 6.36. The first-order chi connectivity index (χ1) is 10.2. The van der Waals surface area contributed by atoms with Gasteiger partial charge in [-0.25, -0.2) is 0 Å². The van der Waals surface area contributed by atoms with Crippen LogP contribution in [0.5, 0.6) is 0 Å². The summed E-state index contributed by atoms with van der Waals surface area (Å²) in [5.74, 6) is 0. The Hall–Kier alpha value is -1.22. The summed E-state index contributed by atoms with van der Waals surface area (Å²) in [7, 11) is 0. The Morgan fingerprint density at radius 2 is 1.76 bits per heavy atom. The van der Waals surface area contributed by atoms with Gasteiger partial charge in [0.1, 0.15) is 0 Å². The molecule has 0 bridgehead atoms. The molecule has 0 aliphatic heterocycles. The fourth-order valence-electron chi connectivity index (χ4n) is 2.26. The zero-order valence-corrected chi connectivity index (χ0v) is 13.6. The van der Waals surface area contributed by atoms with E-state index in [0.29, 0.717) is 16.1 Å². The maximum Gasteiger partial charge on any atom is 0.0652 e. The normalized spacial score (nSPS) is 12.1. The first-order valence-corrected chi connectivity index (χ1v) is 7.93. The topological polar surface area (TPSA) is 24.1 Å². The summed E-state index contributed by atoms with van der Waals surface area (Å²) >= 11 is 12.0. The molecule has 4 heteroatoms. The van der Waals surface area contributed by atoms with E-state index in [1.54, 1.807) is 6.07 Å². The first-order valence-electron chi connectivity index (χ1n) is 7.18. The van der Waals surface area contributed by atoms with Crippen LogP contribution in [0.3, 0.4) is 0 Å². The van der Waals surface area contributed by atoms with Crippen LogP contribution in [0.2, 0.25) is 10.0 Å². The third kappa shape index (κ3) is 4.92. The molecular formula is C17H20Cl2N2. The molecule has 21 heavy (non-hydrogen) atoms. The predicted octanol–water partition coefficient (Wildman–Crippen LogP) is 5.15. The quantitative estimate of drug-likeness (QED) is 0.689. The molecule has 1 unspecified atom stereocenters. The van der Waals surface area contributed by atoms with Crippen molar-refractivity contribution in [2.75, 3.05) is 18.4 Å². The number of rotatable bonds is 7. The van der Waals surface area contributed by atoms with E-state index < -0.39 is 0 Å². The minimum Gasteiger partial charge on any atom is -0.383 e. The van der Waals surface area contributed by atoms with Gasteiger partial charge in [-0.1, -0.05) is 60.5 Å². The van der Waals surface area contributed by atoms with Crippen molar-refractivity contribution >= 4 is 28.9 Å². The maximum atomic E-state index is 6.13. The third-order valence-corrected chi connectivity index (χ3v) is 3.92. The molecule has 2 rings (SSSR count). The minimum atomic E-state index is 0.383. The highest BCUT2D eigenvalue weighted by Gasteiger charge is 2.07. The van der Waals surface area contributed by atoms with Crippen molar-refractivity contribution in [3.63, 3.8) is 0 Å². The molecule has 0 saturated heterocycles. The second-order valence-electron chi connectivity index (χ2n) is 4.88. The maximum absolute atomic E-state index is 6.13. The van der Waals surface area contributed by atoms with E-state index in [1.807, 2.05) is 18.2 Å². The molecule has 2 N–H and O–H groups in total. The molecule has 0 aliphatic carbocycles. The molecule has 2 aromatic rings. The summed E-state index contributed by atoms with van der Waals surface area (Å²) in [4.78, 5) is 0. The van der Waals surface area contributed by atoms with E-state index in [0.717, 1.165) is 25.2 Å². The van der Waals surface area contributed by atoms with Gasteiger partial charge in [0.25, 0.3) is 0 Å². The van der Waals surface area contributed by atoms with Gasteiger partial charge >= 0.3 is 0 Å². The first kappa shape index (κ1) is 16.2. The standard InChI is InChI=1S/C17H20Cl2N2/c1-2-16(13-6-4-3-5-7-13)20-10-11-21-17-9-8-14(18)12-15(17)19/h3-9,12,16,20-21H,2,10-11H2,1H3. The van der Waals surface area contributed by atoms with Gasteiger partial charge in [0.15, 0.2) is 0 Å². The van der Waals surface area contributed by atoms with Crippen molar-refractivity contribution in [2.24, 2.45) is 0 Å². The lowest BCUT2D eigenvalue weighted by molar-refractivity contribution is 0.531. The van der Waals surface area contributed by atoms with Gasteiger partial charge in [-0.05, 0) is 30.2 Å². The van der Waals surface area contributed by atoms with Crippen molar-refractivity contribution < 1.29 is 0 Å². The largest absolute Gasteiger partial charge is 0.383 e. The van der Waals surface area contributed by atoms with Gasteiger partial charge in [0, 0.05) is 24.2 Å². The number of anilines is 1. The lowest BCUT2D eigenvalue weighted by Gasteiger charge is -2.18. The van der Waals surface area contributed by atoms with Crippen molar-refractivity contribution in [1.82, 2.24) is 5.32 Å². The minimum absolute atomic E-state index is 0.383. The lowest BCUT2D eigenvalue weighted by atomic mass is 10.0.